The average Bonchev–Trinajstić information content (AvgIpc) is 2.37. The molecule has 1 aliphatic heterocycles. The van der Waals surface area contributed by atoms with Crippen LogP contribution in [0.1, 0.15) is 20.8 Å². The molecule has 0 aromatic rings. The fraction of sp³-hybridized carbons (Fsp3) is 0.857. The summed E-state index contributed by atoms with van der Waals surface area (Å²) in [5, 5.41) is 0. The van der Waals surface area contributed by atoms with Crippen molar-refractivity contribution in [3.63, 3.8) is 0 Å². The van der Waals surface area contributed by atoms with E-state index in [0.29, 0.717) is 18.4 Å². The predicted molar refractivity (Wildman–Crippen MR) is 68.6 cm³/mol. The molecule has 17 heavy (non-hydrogen) atoms. The SMILES string of the molecule is CCP1(CC)=NP(C=O)N(F)[P+](F)(CC)N1F. The molecule has 2 atom stereocenters. The maximum Gasteiger partial charge on any atom is 0.416 e. The van der Waals surface area contributed by atoms with Crippen LogP contribution in [0.15, 0.2) is 4.52 Å². The Hall–Kier alpha value is 0.470. The van der Waals surface area contributed by atoms with Gasteiger partial charge in [0.1, 0.15) is 13.4 Å². The van der Waals surface area contributed by atoms with Gasteiger partial charge in [-0.1, -0.05) is 22.8 Å². The molecular weight excluding hydrogens is 292 g/mol. The Bertz CT molecular complexity index is 351. The van der Waals surface area contributed by atoms with E-state index in [2.05, 4.69) is 4.52 Å². The molecule has 0 aliphatic carbocycles. The normalized spacial score (nSPS) is 34.4. The van der Waals surface area contributed by atoms with Crippen molar-refractivity contribution in [2.24, 2.45) is 4.52 Å². The van der Waals surface area contributed by atoms with E-state index in [9.17, 15) is 18.0 Å². The summed E-state index contributed by atoms with van der Waals surface area (Å²) in [5.41, 5.74) is 0. The number of nitrogens with zero attached hydrogens (tertiary/aromatic N) is 3. The second-order valence-corrected chi connectivity index (χ2v) is 12.0. The van der Waals surface area contributed by atoms with Crippen LogP contribution in [-0.2, 0) is 4.79 Å². The maximum absolute atomic E-state index is 14.4. The summed E-state index contributed by atoms with van der Waals surface area (Å²) in [6.07, 6.45) is 0.336. The largest absolute Gasteiger partial charge is 0.416 e. The molecule has 0 amide bonds. The quantitative estimate of drug-likeness (QED) is 0.426. The van der Waals surface area contributed by atoms with Crippen molar-refractivity contribution < 1.29 is 18.0 Å². The first kappa shape index (κ1) is 15.5. The van der Waals surface area contributed by atoms with E-state index in [4.69, 9.17) is 0 Å². The van der Waals surface area contributed by atoms with Gasteiger partial charge in [-0.05, 0) is 23.4 Å². The highest BCUT2D eigenvalue weighted by Crippen LogP contribution is 2.86. The summed E-state index contributed by atoms with van der Waals surface area (Å²) >= 11 is 0. The van der Waals surface area contributed by atoms with Gasteiger partial charge in [0.05, 0.1) is 9.33 Å². The second-order valence-electron chi connectivity index (χ2n) is 3.47. The van der Waals surface area contributed by atoms with Gasteiger partial charge in [-0.25, -0.2) is 4.52 Å². The number of carbonyl (C=O) groups excluding carboxylic acids is 1. The highest BCUT2D eigenvalue weighted by molar-refractivity contribution is 7.92. The maximum atomic E-state index is 14.4. The molecule has 0 N–H and O–H groups in total. The zero-order valence-corrected chi connectivity index (χ0v) is 12.6. The van der Waals surface area contributed by atoms with Gasteiger partial charge in [-0.2, -0.15) is 0 Å². The van der Waals surface area contributed by atoms with Crippen LogP contribution in [0.25, 0.3) is 0 Å². The van der Waals surface area contributed by atoms with E-state index >= 15 is 0 Å². The summed E-state index contributed by atoms with van der Waals surface area (Å²) in [6.45, 7) is 4.77. The lowest BCUT2D eigenvalue weighted by molar-refractivity contribution is 0.186. The van der Waals surface area contributed by atoms with E-state index in [-0.39, 0.29) is 15.5 Å². The number of hydrogen-bond donors (Lipinski definition) is 0. The zero-order valence-electron chi connectivity index (χ0n) is 9.92. The van der Waals surface area contributed by atoms with Crippen LogP contribution >= 0.6 is 23.3 Å². The predicted octanol–water partition coefficient (Wildman–Crippen LogP) is 4.78. The van der Waals surface area contributed by atoms with Crippen LogP contribution < -0.4 is 0 Å². The number of halogens is 3. The van der Waals surface area contributed by atoms with Crippen molar-refractivity contribution in [2.45, 2.75) is 20.8 Å². The molecule has 0 bridgehead atoms. The Balaban J connectivity index is 3.37. The molecule has 1 heterocycles. The van der Waals surface area contributed by atoms with Gasteiger partial charge in [-0.15, -0.1) is 0 Å². The molecule has 0 aromatic carbocycles. The minimum Gasteiger partial charge on any atom is -0.294 e. The molecular formula is C7H16F3N3OP3+. The lowest BCUT2D eigenvalue weighted by atomic mass is 11.0. The van der Waals surface area contributed by atoms with Crippen LogP contribution in [0.2, 0.25) is 0 Å². The summed E-state index contributed by atoms with van der Waals surface area (Å²) in [7, 11) is -9.07. The van der Waals surface area contributed by atoms with Crippen LogP contribution in [0.5, 0.6) is 0 Å². The fourth-order valence-corrected chi connectivity index (χ4v) is 12.3. The molecule has 0 radical (unpaired) electrons. The van der Waals surface area contributed by atoms with E-state index in [1.165, 1.54) is 6.92 Å². The summed E-state index contributed by atoms with van der Waals surface area (Å²) in [6, 6.07) is 0.298. The molecule has 2 unspecified atom stereocenters. The average molecular weight is 308 g/mol. The van der Waals surface area contributed by atoms with E-state index < -0.39 is 23.3 Å². The Morgan fingerprint density at radius 2 is 1.88 bits per heavy atom. The molecule has 100 valence electrons. The third kappa shape index (κ3) is 2.33. The molecule has 0 spiro atoms. The van der Waals surface area contributed by atoms with Crippen LogP contribution in [0, 0.1) is 0 Å². The monoisotopic (exact) mass is 308 g/mol. The molecule has 0 saturated heterocycles. The van der Waals surface area contributed by atoms with Gasteiger partial charge in [0.2, 0.25) is 8.22 Å². The lowest BCUT2D eigenvalue weighted by Gasteiger charge is -2.36. The molecule has 1 rings (SSSR count). The van der Waals surface area contributed by atoms with Crippen molar-refractivity contribution in [2.75, 3.05) is 18.5 Å². The third-order valence-electron chi connectivity index (χ3n) is 2.75. The standard InChI is InChI=1S/C7H16F3N3OP3/c1-4-16(5-2)11-15(7-14)12(8)17(10,6-3)13(16)9/h7H,4-6H2,1-3H3/q+1. The Labute approximate surface area is 101 Å². The number of hydrogen-bond acceptors (Lipinski definition) is 4. The minimum atomic E-state index is -4.17. The molecule has 4 nitrogen and oxygen atoms in total. The van der Waals surface area contributed by atoms with Gasteiger partial charge in [0.25, 0.3) is 0 Å². The third-order valence-corrected chi connectivity index (χ3v) is 13.0. The first-order valence-electron chi connectivity index (χ1n) is 5.27. The van der Waals surface area contributed by atoms with Crippen molar-refractivity contribution in [1.29, 1.82) is 0 Å². The van der Waals surface area contributed by atoms with Gasteiger partial charge in [-0.3, -0.25) is 4.79 Å². The highest BCUT2D eigenvalue weighted by atomic mass is 31.3. The molecule has 0 saturated carbocycles. The Morgan fingerprint density at radius 1 is 1.35 bits per heavy atom. The topological polar surface area (TPSA) is 35.9 Å². The van der Waals surface area contributed by atoms with E-state index in [1.807, 2.05) is 0 Å². The Kier molecular flexibility index (Phi) is 5.14. The minimum absolute atomic E-state index is 0.0301. The van der Waals surface area contributed by atoms with Crippen molar-refractivity contribution in [3.05, 3.63) is 0 Å². The van der Waals surface area contributed by atoms with Crippen LogP contribution in [0.3, 0.4) is 0 Å². The molecule has 1 aliphatic rings. The van der Waals surface area contributed by atoms with E-state index in [0.717, 1.165) is 0 Å². The highest BCUT2D eigenvalue weighted by Gasteiger charge is 2.66. The van der Waals surface area contributed by atoms with E-state index in [1.54, 1.807) is 13.8 Å². The first-order chi connectivity index (χ1) is 7.91. The van der Waals surface area contributed by atoms with Gasteiger partial charge >= 0.3 is 7.87 Å². The van der Waals surface area contributed by atoms with Gasteiger partial charge < -0.3 is 0 Å². The van der Waals surface area contributed by atoms with Crippen molar-refractivity contribution in [3.8, 4) is 0 Å². The van der Waals surface area contributed by atoms with Crippen molar-refractivity contribution in [1.82, 2.24) is 9.33 Å². The van der Waals surface area contributed by atoms with Crippen LogP contribution in [0.4, 0.5) is 13.2 Å². The fourth-order valence-electron chi connectivity index (χ4n) is 1.57. The number of carbonyl (C=O) groups is 1. The summed E-state index contributed by atoms with van der Waals surface area (Å²) < 4.78 is 46.1. The zero-order chi connectivity index (χ0) is 13.3. The van der Waals surface area contributed by atoms with Gasteiger partial charge in [0, 0.05) is 0 Å². The summed E-state index contributed by atoms with van der Waals surface area (Å²) in [4.78, 5) is 10.8. The lowest BCUT2D eigenvalue weighted by Crippen LogP contribution is -2.26. The number of rotatable bonds is 4. The smallest absolute Gasteiger partial charge is 0.294 e. The van der Waals surface area contributed by atoms with Gasteiger partial charge in [0.15, 0.2) is 6.03 Å². The summed E-state index contributed by atoms with van der Waals surface area (Å²) in [5.74, 6) is 0. The first-order valence-corrected chi connectivity index (χ1v) is 10.4. The molecule has 10 heteroatoms. The molecule has 0 fully saturated rings. The Morgan fingerprint density at radius 3 is 2.24 bits per heavy atom. The second kappa shape index (κ2) is 5.63. The van der Waals surface area contributed by atoms with Crippen LogP contribution in [-0.4, -0.2) is 33.8 Å². The van der Waals surface area contributed by atoms with Crippen molar-refractivity contribution >= 4 is 29.3 Å². The molecule has 0 aromatic heterocycles.